The van der Waals surface area contributed by atoms with Crippen LogP contribution in [-0.2, 0) is 6.54 Å². The molecule has 0 saturated carbocycles. The molecule has 2 heterocycles. The van der Waals surface area contributed by atoms with Crippen molar-refractivity contribution >= 4 is 11.6 Å². The molecule has 0 aliphatic rings. The summed E-state index contributed by atoms with van der Waals surface area (Å²) in [5.41, 5.74) is 2.96. The van der Waals surface area contributed by atoms with E-state index in [1.807, 2.05) is 30.1 Å². The van der Waals surface area contributed by atoms with E-state index in [0.29, 0.717) is 10.9 Å². The largest absolute Gasteiger partial charge is 0.312 e. The zero-order chi connectivity index (χ0) is 13.8. The van der Waals surface area contributed by atoms with Gasteiger partial charge in [0.1, 0.15) is 0 Å². The van der Waals surface area contributed by atoms with Gasteiger partial charge in [0.05, 0.1) is 16.4 Å². The Morgan fingerprint density at radius 1 is 1.42 bits per heavy atom. The summed E-state index contributed by atoms with van der Waals surface area (Å²) in [7, 11) is 0. The van der Waals surface area contributed by atoms with Gasteiger partial charge in [0, 0.05) is 30.7 Å². The minimum Gasteiger partial charge on any atom is -0.312 e. The summed E-state index contributed by atoms with van der Waals surface area (Å²) in [6, 6.07) is 1.95. The zero-order valence-corrected chi connectivity index (χ0v) is 12.3. The highest BCUT2D eigenvalue weighted by atomic mass is 35.5. The van der Waals surface area contributed by atoms with Crippen molar-refractivity contribution in [2.45, 2.75) is 27.3 Å². The predicted molar refractivity (Wildman–Crippen MR) is 77.7 cm³/mol. The number of rotatable bonds is 5. The van der Waals surface area contributed by atoms with E-state index < -0.39 is 0 Å². The highest BCUT2D eigenvalue weighted by Gasteiger charge is 2.08. The van der Waals surface area contributed by atoms with Crippen LogP contribution in [0.5, 0.6) is 0 Å². The Kier molecular flexibility index (Phi) is 4.56. The first-order valence-electron chi connectivity index (χ1n) is 6.43. The molecule has 0 radical (unpaired) electrons. The molecule has 0 saturated heterocycles. The fourth-order valence-corrected chi connectivity index (χ4v) is 1.97. The molecule has 0 aliphatic carbocycles. The van der Waals surface area contributed by atoms with Crippen molar-refractivity contribution in [1.82, 2.24) is 20.1 Å². The summed E-state index contributed by atoms with van der Waals surface area (Å²) in [5, 5.41) is 8.51. The second-order valence-electron chi connectivity index (χ2n) is 5.04. The lowest BCUT2D eigenvalue weighted by Gasteiger charge is -2.11. The van der Waals surface area contributed by atoms with Crippen molar-refractivity contribution < 1.29 is 0 Å². The van der Waals surface area contributed by atoms with E-state index in [0.717, 1.165) is 30.0 Å². The van der Waals surface area contributed by atoms with Gasteiger partial charge in [-0.2, -0.15) is 5.10 Å². The third-order valence-electron chi connectivity index (χ3n) is 2.83. The van der Waals surface area contributed by atoms with Crippen LogP contribution in [-0.4, -0.2) is 21.3 Å². The fourth-order valence-electron chi connectivity index (χ4n) is 1.84. The SMILES string of the molecule is Cc1nn(-c2ccncc2CNCC(C)C)cc1Cl. The molecule has 0 aromatic carbocycles. The first-order chi connectivity index (χ1) is 9.08. The maximum Gasteiger partial charge on any atom is 0.0819 e. The molecule has 2 aromatic heterocycles. The van der Waals surface area contributed by atoms with E-state index in [4.69, 9.17) is 11.6 Å². The van der Waals surface area contributed by atoms with Gasteiger partial charge in [-0.05, 0) is 25.5 Å². The molecular weight excluding hydrogens is 260 g/mol. The van der Waals surface area contributed by atoms with Crippen LogP contribution >= 0.6 is 11.6 Å². The maximum atomic E-state index is 6.06. The summed E-state index contributed by atoms with van der Waals surface area (Å²) < 4.78 is 1.81. The lowest BCUT2D eigenvalue weighted by Crippen LogP contribution is -2.20. The van der Waals surface area contributed by atoms with E-state index in [-0.39, 0.29) is 0 Å². The van der Waals surface area contributed by atoms with E-state index in [1.165, 1.54) is 0 Å². The molecule has 0 amide bonds. The molecule has 4 nitrogen and oxygen atoms in total. The Morgan fingerprint density at radius 3 is 2.84 bits per heavy atom. The molecule has 0 bridgehead atoms. The van der Waals surface area contributed by atoms with Gasteiger partial charge >= 0.3 is 0 Å². The number of hydrogen-bond acceptors (Lipinski definition) is 3. The minimum atomic E-state index is 0.626. The summed E-state index contributed by atoms with van der Waals surface area (Å²) in [6.07, 6.45) is 5.47. The van der Waals surface area contributed by atoms with E-state index in [1.54, 1.807) is 6.20 Å². The molecule has 1 N–H and O–H groups in total. The molecular formula is C14H19ClN4. The lowest BCUT2D eigenvalue weighted by molar-refractivity contribution is 0.550. The summed E-state index contributed by atoms with van der Waals surface area (Å²) in [5.74, 6) is 0.626. The predicted octanol–water partition coefficient (Wildman–Crippen LogP) is 2.97. The molecule has 2 rings (SSSR count). The summed E-state index contributed by atoms with van der Waals surface area (Å²) in [6.45, 7) is 8.03. The molecule has 102 valence electrons. The molecule has 0 atom stereocenters. The Balaban J connectivity index is 2.20. The average molecular weight is 279 g/mol. The first-order valence-corrected chi connectivity index (χ1v) is 6.81. The van der Waals surface area contributed by atoms with Gasteiger partial charge < -0.3 is 5.32 Å². The molecule has 0 aliphatic heterocycles. The first kappa shape index (κ1) is 14.0. The van der Waals surface area contributed by atoms with E-state index in [9.17, 15) is 0 Å². The van der Waals surface area contributed by atoms with Gasteiger partial charge in [-0.1, -0.05) is 25.4 Å². The maximum absolute atomic E-state index is 6.06. The number of pyridine rings is 1. The standard InChI is InChI=1S/C14H19ClN4/c1-10(2)6-17-8-12-7-16-5-4-14(12)19-9-13(15)11(3)18-19/h4-5,7,9-10,17H,6,8H2,1-3H3. The molecule has 2 aromatic rings. The molecule has 5 heteroatoms. The highest BCUT2D eigenvalue weighted by molar-refractivity contribution is 6.31. The second kappa shape index (κ2) is 6.17. The number of halogens is 1. The third kappa shape index (κ3) is 3.55. The number of hydrogen-bond donors (Lipinski definition) is 1. The molecule has 0 fully saturated rings. The van der Waals surface area contributed by atoms with Crippen molar-refractivity contribution in [3.05, 3.63) is 40.9 Å². The molecule has 19 heavy (non-hydrogen) atoms. The van der Waals surface area contributed by atoms with Crippen molar-refractivity contribution in [3.63, 3.8) is 0 Å². The quantitative estimate of drug-likeness (QED) is 0.914. The Morgan fingerprint density at radius 2 is 2.21 bits per heavy atom. The Labute approximate surface area is 118 Å². The summed E-state index contributed by atoms with van der Waals surface area (Å²) >= 11 is 6.06. The van der Waals surface area contributed by atoms with Crippen LogP contribution in [0.4, 0.5) is 0 Å². The smallest absolute Gasteiger partial charge is 0.0819 e. The number of aryl methyl sites for hydroxylation is 1. The van der Waals surface area contributed by atoms with Crippen LogP contribution in [0.15, 0.2) is 24.7 Å². The van der Waals surface area contributed by atoms with Gasteiger partial charge in [-0.25, -0.2) is 4.68 Å². The Hall–Kier alpha value is -1.39. The van der Waals surface area contributed by atoms with E-state index >= 15 is 0 Å². The van der Waals surface area contributed by atoms with Gasteiger partial charge in [-0.15, -0.1) is 0 Å². The van der Waals surface area contributed by atoms with Crippen LogP contribution in [0.1, 0.15) is 25.1 Å². The van der Waals surface area contributed by atoms with Crippen molar-refractivity contribution in [2.24, 2.45) is 5.92 Å². The van der Waals surface area contributed by atoms with Gasteiger partial charge in [0.15, 0.2) is 0 Å². The second-order valence-corrected chi connectivity index (χ2v) is 5.44. The van der Waals surface area contributed by atoms with Crippen molar-refractivity contribution in [3.8, 4) is 5.69 Å². The number of aromatic nitrogens is 3. The van der Waals surface area contributed by atoms with Crippen LogP contribution in [0.25, 0.3) is 5.69 Å². The highest BCUT2D eigenvalue weighted by Crippen LogP contribution is 2.18. The fraction of sp³-hybridized carbons (Fsp3) is 0.429. The van der Waals surface area contributed by atoms with Crippen molar-refractivity contribution in [1.29, 1.82) is 0 Å². The van der Waals surface area contributed by atoms with Gasteiger partial charge in [0.25, 0.3) is 0 Å². The number of nitrogens with zero attached hydrogens (tertiary/aromatic N) is 3. The van der Waals surface area contributed by atoms with Crippen LogP contribution in [0, 0.1) is 12.8 Å². The van der Waals surface area contributed by atoms with Gasteiger partial charge in [0.2, 0.25) is 0 Å². The van der Waals surface area contributed by atoms with E-state index in [2.05, 4.69) is 29.2 Å². The number of nitrogens with one attached hydrogen (secondary N) is 1. The zero-order valence-electron chi connectivity index (χ0n) is 11.5. The monoisotopic (exact) mass is 278 g/mol. The molecule has 0 unspecified atom stereocenters. The average Bonchev–Trinajstić information content (AvgIpc) is 2.70. The van der Waals surface area contributed by atoms with Crippen LogP contribution < -0.4 is 5.32 Å². The minimum absolute atomic E-state index is 0.626. The Bertz CT molecular complexity index is 529. The lowest BCUT2D eigenvalue weighted by atomic mass is 10.2. The van der Waals surface area contributed by atoms with Crippen LogP contribution in [0.2, 0.25) is 5.02 Å². The normalized spacial score (nSPS) is 11.2. The summed E-state index contributed by atoms with van der Waals surface area (Å²) in [4.78, 5) is 4.18. The third-order valence-corrected chi connectivity index (χ3v) is 3.20. The van der Waals surface area contributed by atoms with Gasteiger partial charge in [-0.3, -0.25) is 4.98 Å². The van der Waals surface area contributed by atoms with Crippen LogP contribution in [0.3, 0.4) is 0 Å². The van der Waals surface area contributed by atoms with Crippen molar-refractivity contribution in [2.75, 3.05) is 6.54 Å². The molecule has 0 spiro atoms. The topological polar surface area (TPSA) is 42.7 Å².